The van der Waals surface area contributed by atoms with Gasteiger partial charge in [-0.2, -0.15) is 0 Å². The number of aromatic nitrogens is 1. The summed E-state index contributed by atoms with van der Waals surface area (Å²) in [6.45, 7) is 9.17. The van der Waals surface area contributed by atoms with Gasteiger partial charge < -0.3 is 10.5 Å². The fourth-order valence-electron chi connectivity index (χ4n) is 2.06. The third-order valence-electron chi connectivity index (χ3n) is 2.76. The number of pyridine rings is 1. The summed E-state index contributed by atoms with van der Waals surface area (Å²) in [5.74, 6) is 0. The summed E-state index contributed by atoms with van der Waals surface area (Å²) < 4.78 is 5.79. The summed E-state index contributed by atoms with van der Waals surface area (Å²) in [4.78, 5) is 4.31. The molecule has 0 fully saturated rings. The normalized spacial score (nSPS) is 15.6. The zero-order valence-electron chi connectivity index (χ0n) is 11.3. The van der Waals surface area contributed by atoms with E-state index >= 15 is 0 Å². The molecule has 0 aromatic carbocycles. The lowest BCUT2D eigenvalue weighted by atomic mass is 9.83. The fourth-order valence-corrected chi connectivity index (χ4v) is 2.06. The quantitative estimate of drug-likeness (QED) is 0.854. The maximum absolute atomic E-state index is 6.26. The minimum absolute atomic E-state index is 0.0233. The first-order valence-corrected chi connectivity index (χ1v) is 6.22. The van der Waals surface area contributed by atoms with Crippen molar-refractivity contribution in [3.8, 4) is 0 Å². The number of nitrogens with zero attached hydrogens (tertiary/aromatic N) is 1. The van der Waals surface area contributed by atoms with E-state index in [9.17, 15) is 0 Å². The van der Waals surface area contributed by atoms with Gasteiger partial charge in [0.25, 0.3) is 0 Å². The summed E-state index contributed by atoms with van der Waals surface area (Å²) in [6.07, 6.45) is 2.60. The predicted octanol–water partition coefficient (Wildman–Crippen LogP) is 2.40. The van der Waals surface area contributed by atoms with Crippen molar-refractivity contribution in [2.24, 2.45) is 11.1 Å². The van der Waals surface area contributed by atoms with Gasteiger partial charge in [-0.1, -0.05) is 26.8 Å². The van der Waals surface area contributed by atoms with E-state index in [1.54, 1.807) is 6.20 Å². The monoisotopic (exact) mass is 236 g/mol. The van der Waals surface area contributed by atoms with E-state index in [0.29, 0.717) is 6.61 Å². The second-order valence-electron chi connectivity index (χ2n) is 5.43. The zero-order valence-corrected chi connectivity index (χ0v) is 11.3. The maximum atomic E-state index is 6.26. The summed E-state index contributed by atoms with van der Waals surface area (Å²) >= 11 is 0. The Morgan fingerprint density at radius 1 is 1.35 bits per heavy atom. The molecule has 0 amide bonds. The van der Waals surface area contributed by atoms with Gasteiger partial charge >= 0.3 is 0 Å². The van der Waals surface area contributed by atoms with Gasteiger partial charge in [-0.3, -0.25) is 4.98 Å². The van der Waals surface area contributed by atoms with Gasteiger partial charge in [0.1, 0.15) is 0 Å². The summed E-state index contributed by atoms with van der Waals surface area (Å²) in [5.41, 5.74) is 7.33. The molecular weight excluding hydrogens is 212 g/mol. The molecule has 2 atom stereocenters. The van der Waals surface area contributed by atoms with Crippen LogP contribution in [0.5, 0.6) is 0 Å². The Hall–Kier alpha value is -0.930. The maximum Gasteiger partial charge on any atom is 0.0777 e. The molecule has 0 aliphatic carbocycles. The van der Waals surface area contributed by atoms with Crippen LogP contribution in [0.2, 0.25) is 0 Å². The molecular formula is C14H24N2O. The average Bonchev–Trinajstić information content (AvgIpc) is 2.25. The van der Waals surface area contributed by atoms with Crippen molar-refractivity contribution in [2.45, 2.75) is 46.3 Å². The van der Waals surface area contributed by atoms with E-state index in [1.807, 2.05) is 25.1 Å². The van der Waals surface area contributed by atoms with Crippen LogP contribution in [-0.2, 0) is 11.2 Å². The molecule has 3 nitrogen and oxygen atoms in total. The Labute approximate surface area is 104 Å². The number of rotatable bonds is 5. The van der Waals surface area contributed by atoms with Crippen molar-refractivity contribution in [1.82, 2.24) is 4.98 Å². The van der Waals surface area contributed by atoms with Gasteiger partial charge in [0, 0.05) is 31.0 Å². The molecule has 3 heteroatoms. The molecule has 1 heterocycles. The van der Waals surface area contributed by atoms with Crippen LogP contribution in [0.3, 0.4) is 0 Å². The molecule has 2 N–H and O–H groups in total. The molecule has 0 radical (unpaired) electrons. The largest absolute Gasteiger partial charge is 0.376 e. The molecule has 17 heavy (non-hydrogen) atoms. The third kappa shape index (κ3) is 4.44. The molecule has 0 aliphatic heterocycles. The Morgan fingerprint density at radius 3 is 2.53 bits per heavy atom. The smallest absolute Gasteiger partial charge is 0.0777 e. The van der Waals surface area contributed by atoms with E-state index in [0.717, 1.165) is 12.1 Å². The second kappa shape index (κ2) is 6.12. The van der Waals surface area contributed by atoms with Crippen molar-refractivity contribution in [3.05, 3.63) is 30.1 Å². The van der Waals surface area contributed by atoms with E-state index in [1.165, 1.54) is 0 Å². The number of nitrogens with two attached hydrogens (primary N) is 1. The molecule has 96 valence electrons. The molecule has 0 aliphatic rings. The van der Waals surface area contributed by atoms with Crippen molar-refractivity contribution in [2.75, 3.05) is 6.61 Å². The highest BCUT2D eigenvalue weighted by Gasteiger charge is 2.30. The molecule has 1 rings (SSSR count). The third-order valence-corrected chi connectivity index (χ3v) is 2.76. The Balaban J connectivity index is 2.69. The molecule has 0 saturated heterocycles. The van der Waals surface area contributed by atoms with E-state index in [4.69, 9.17) is 10.5 Å². The van der Waals surface area contributed by atoms with Crippen LogP contribution in [0.15, 0.2) is 24.4 Å². The standard InChI is InChI=1S/C14H24N2O/c1-5-17-13(14(2,3)4)12(15)10-11-8-6-7-9-16-11/h6-9,12-13H,5,10,15H2,1-4H3. The topological polar surface area (TPSA) is 48.1 Å². The molecule has 1 aromatic heterocycles. The van der Waals surface area contributed by atoms with Gasteiger partial charge in [0.05, 0.1) is 6.10 Å². The van der Waals surface area contributed by atoms with Crippen LogP contribution in [0.4, 0.5) is 0 Å². The lowest BCUT2D eigenvalue weighted by molar-refractivity contribution is -0.0275. The van der Waals surface area contributed by atoms with Crippen LogP contribution in [0, 0.1) is 5.41 Å². The van der Waals surface area contributed by atoms with E-state index in [-0.39, 0.29) is 17.6 Å². The van der Waals surface area contributed by atoms with E-state index < -0.39 is 0 Å². The number of hydrogen-bond donors (Lipinski definition) is 1. The zero-order chi connectivity index (χ0) is 12.9. The summed E-state index contributed by atoms with van der Waals surface area (Å²) in [5, 5.41) is 0. The van der Waals surface area contributed by atoms with Crippen LogP contribution in [0.1, 0.15) is 33.4 Å². The first-order chi connectivity index (χ1) is 7.95. The average molecular weight is 236 g/mol. The van der Waals surface area contributed by atoms with Crippen LogP contribution >= 0.6 is 0 Å². The lowest BCUT2D eigenvalue weighted by Crippen LogP contribution is -2.46. The number of ether oxygens (including phenoxy) is 1. The fraction of sp³-hybridized carbons (Fsp3) is 0.643. The predicted molar refractivity (Wildman–Crippen MR) is 70.8 cm³/mol. The Kier molecular flexibility index (Phi) is 5.09. The molecule has 1 aromatic rings. The summed E-state index contributed by atoms with van der Waals surface area (Å²) in [6, 6.07) is 5.89. The minimum Gasteiger partial charge on any atom is -0.376 e. The Bertz CT molecular complexity index is 319. The molecule has 0 spiro atoms. The van der Waals surface area contributed by atoms with Gasteiger partial charge in [-0.05, 0) is 24.5 Å². The second-order valence-corrected chi connectivity index (χ2v) is 5.43. The van der Waals surface area contributed by atoms with Crippen molar-refractivity contribution >= 4 is 0 Å². The van der Waals surface area contributed by atoms with Gasteiger partial charge in [0.15, 0.2) is 0 Å². The van der Waals surface area contributed by atoms with Crippen LogP contribution < -0.4 is 5.73 Å². The highest BCUT2D eigenvalue weighted by molar-refractivity contribution is 5.06. The molecule has 2 unspecified atom stereocenters. The van der Waals surface area contributed by atoms with Crippen molar-refractivity contribution < 1.29 is 4.74 Å². The summed E-state index contributed by atoms with van der Waals surface area (Å²) in [7, 11) is 0. The van der Waals surface area contributed by atoms with Crippen molar-refractivity contribution in [3.63, 3.8) is 0 Å². The Morgan fingerprint density at radius 2 is 2.06 bits per heavy atom. The van der Waals surface area contributed by atoms with Crippen LogP contribution in [0.25, 0.3) is 0 Å². The van der Waals surface area contributed by atoms with Gasteiger partial charge in [-0.25, -0.2) is 0 Å². The van der Waals surface area contributed by atoms with E-state index in [2.05, 4.69) is 25.8 Å². The highest BCUT2D eigenvalue weighted by atomic mass is 16.5. The minimum atomic E-state index is -0.0233. The first kappa shape index (κ1) is 14.1. The van der Waals surface area contributed by atoms with Crippen LogP contribution in [-0.4, -0.2) is 23.7 Å². The van der Waals surface area contributed by atoms with Crippen molar-refractivity contribution in [1.29, 1.82) is 0 Å². The molecule has 0 bridgehead atoms. The molecule has 0 saturated carbocycles. The number of hydrogen-bond acceptors (Lipinski definition) is 3. The first-order valence-electron chi connectivity index (χ1n) is 6.22. The lowest BCUT2D eigenvalue weighted by Gasteiger charge is -2.34. The highest BCUT2D eigenvalue weighted by Crippen LogP contribution is 2.25. The van der Waals surface area contributed by atoms with Gasteiger partial charge in [0.2, 0.25) is 0 Å². The van der Waals surface area contributed by atoms with Gasteiger partial charge in [-0.15, -0.1) is 0 Å². The SMILES string of the molecule is CCOC(C(N)Cc1ccccn1)C(C)(C)C.